The predicted octanol–water partition coefficient (Wildman–Crippen LogP) is 2.45. The van der Waals surface area contributed by atoms with Crippen molar-refractivity contribution in [2.75, 3.05) is 0 Å². The SMILES string of the molecule is C=COP(N)N(C(C)C)C(C)C. The first-order valence-electron chi connectivity index (χ1n) is 4.11. The van der Waals surface area contributed by atoms with Crippen molar-refractivity contribution >= 4 is 8.45 Å². The quantitative estimate of drug-likeness (QED) is 0.534. The van der Waals surface area contributed by atoms with Gasteiger partial charge in [-0.25, -0.2) is 4.67 Å². The molecule has 0 aromatic heterocycles. The van der Waals surface area contributed by atoms with Gasteiger partial charge in [0.15, 0.2) is 0 Å². The second-order valence-corrected chi connectivity index (χ2v) is 4.42. The molecule has 4 heteroatoms. The third-order valence-electron chi connectivity index (χ3n) is 1.47. The largest absolute Gasteiger partial charge is 0.453 e. The molecular formula is C8H19N2OP. The fourth-order valence-corrected chi connectivity index (χ4v) is 2.35. The Balaban J connectivity index is 4.18. The maximum absolute atomic E-state index is 5.83. The Hall–Kier alpha value is -0.110. The molecule has 0 rings (SSSR count). The van der Waals surface area contributed by atoms with Gasteiger partial charge in [0, 0.05) is 12.1 Å². The molecule has 0 aromatic carbocycles. The van der Waals surface area contributed by atoms with Crippen LogP contribution in [0, 0.1) is 0 Å². The second-order valence-electron chi connectivity index (χ2n) is 3.14. The summed E-state index contributed by atoms with van der Waals surface area (Å²) in [4.78, 5) is 0. The fraction of sp³-hybridized carbons (Fsp3) is 0.750. The molecule has 1 unspecified atom stereocenters. The van der Waals surface area contributed by atoms with Gasteiger partial charge in [0.2, 0.25) is 8.45 Å². The monoisotopic (exact) mass is 190 g/mol. The van der Waals surface area contributed by atoms with Gasteiger partial charge >= 0.3 is 0 Å². The Labute approximate surface area is 76.5 Å². The number of hydrogen-bond acceptors (Lipinski definition) is 3. The lowest BCUT2D eigenvalue weighted by atomic mass is 10.3. The summed E-state index contributed by atoms with van der Waals surface area (Å²) in [7, 11) is -1.01. The molecule has 0 heterocycles. The van der Waals surface area contributed by atoms with Crippen molar-refractivity contribution in [1.82, 2.24) is 4.67 Å². The van der Waals surface area contributed by atoms with E-state index in [1.807, 2.05) is 0 Å². The van der Waals surface area contributed by atoms with Crippen LogP contribution in [-0.2, 0) is 4.52 Å². The van der Waals surface area contributed by atoms with Crippen molar-refractivity contribution in [2.45, 2.75) is 39.8 Å². The molecule has 12 heavy (non-hydrogen) atoms. The highest BCUT2D eigenvalue weighted by atomic mass is 31.2. The second kappa shape index (κ2) is 5.52. The maximum atomic E-state index is 5.83. The zero-order chi connectivity index (χ0) is 9.72. The zero-order valence-electron chi connectivity index (χ0n) is 8.32. The summed E-state index contributed by atoms with van der Waals surface area (Å²) in [6, 6.07) is 0.808. The van der Waals surface area contributed by atoms with Crippen LogP contribution in [0.2, 0.25) is 0 Å². The van der Waals surface area contributed by atoms with E-state index >= 15 is 0 Å². The van der Waals surface area contributed by atoms with Gasteiger partial charge in [0.05, 0.1) is 6.26 Å². The molecule has 0 fully saturated rings. The summed E-state index contributed by atoms with van der Waals surface area (Å²) < 4.78 is 7.29. The van der Waals surface area contributed by atoms with Crippen LogP contribution >= 0.6 is 8.45 Å². The minimum Gasteiger partial charge on any atom is -0.453 e. The van der Waals surface area contributed by atoms with Gasteiger partial charge < -0.3 is 4.52 Å². The smallest absolute Gasteiger partial charge is 0.242 e. The van der Waals surface area contributed by atoms with Crippen LogP contribution in [-0.4, -0.2) is 16.8 Å². The molecule has 0 saturated carbocycles. The summed E-state index contributed by atoms with van der Waals surface area (Å²) in [5, 5.41) is 0. The van der Waals surface area contributed by atoms with E-state index < -0.39 is 8.45 Å². The molecule has 0 saturated heterocycles. The summed E-state index contributed by atoms with van der Waals surface area (Å²) in [6.07, 6.45) is 1.41. The van der Waals surface area contributed by atoms with E-state index in [4.69, 9.17) is 10.0 Å². The van der Waals surface area contributed by atoms with Gasteiger partial charge in [-0.05, 0) is 27.7 Å². The van der Waals surface area contributed by atoms with Crippen LogP contribution < -0.4 is 5.50 Å². The predicted molar refractivity (Wildman–Crippen MR) is 54.5 cm³/mol. The zero-order valence-corrected chi connectivity index (χ0v) is 9.21. The molecule has 0 aromatic rings. The molecule has 1 atom stereocenters. The Morgan fingerprint density at radius 3 is 2.00 bits per heavy atom. The van der Waals surface area contributed by atoms with E-state index in [0.717, 1.165) is 0 Å². The van der Waals surface area contributed by atoms with Crippen LogP contribution in [0.3, 0.4) is 0 Å². The van der Waals surface area contributed by atoms with E-state index in [2.05, 4.69) is 38.9 Å². The van der Waals surface area contributed by atoms with Crippen molar-refractivity contribution in [2.24, 2.45) is 5.50 Å². The molecule has 0 aliphatic carbocycles. The Morgan fingerprint density at radius 1 is 1.33 bits per heavy atom. The van der Waals surface area contributed by atoms with Gasteiger partial charge in [-0.2, -0.15) is 0 Å². The summed E-state index contributed by atoms with van der Waals surface area (Å²) in [5.41, 5.74) is 5.83. The first kappa shape index (κ1) is 11.9. The van der Waals surface area contributed by atoms with Gasteiger partial charge in [0.1, 0.15) is 0 Å². The van der Waals surface area contributed by atoms with Gasteiger partial charge in [0.25, 0.3) is 0 Å². The molecule has 0 spiro atoms. The van der Waals surface area contributed by atoms with Crippen LogP contribution in [0.5, 0.6) is 0 Å². The normalized spacial score (nSPS) is 14.0. The van der Waals surface area contributed by atoms with E-state index in [1.54, 1.807) is 0 Å². The minimum absolute atomic E-state index is 0.404. The molecular weight excluding hydrogens is 171 g/mol. The maximum Gasteiger partial charge on any atom is 0.242 e. The molecule has 0 radical (unpaired) electrons. The van der Waals surface area contributed by atoms with Crippen LogP contribution in [0.25, 0.3) is 0 Å². The first-order valence-corrected chi connectivity index (χ1v) is 5.39. The summed E-state index contributed by atoms with van der Waals surface area (Å²) >= 11 is 0. The topological polar surface area (TPSA) is 38.5 Å². The third kappa shape index (κ3) is 3.53. The number of hydrogen-bond donors (Lipinski definition) is 1. The van der Waals surface area contributed by atoms with Gasteiger partial charge in [-0.1, -0.05) is 6.58 Å². The Morgan fingerprint density at radius 2 is 1.75 bits per heavy atom. The molecule has 72 valence electrons. The third-order valence-corrected chi connectivity index (χ3v) is 3.21. The van der Waals surface area contributed by atoms with Crippen molar-refractivity contribution in [1.29, 1.82) is 0 Å². The molecule has 0 amide bonds. The van der Waals surface area contributed by atoms with Crippen LogP contribution in [0.15, 0.2) is 12.8 Å². The van der Waals surface area contributed by atoms with Crippen LogP contribution in [0.1, 0.15) is 27.7 Å². The van der Waals surface area contributed by atoms with E-state index in [-0.39, 0.29) is 0 Å². The number of nitrogens with two attached hydrogens (primary N) is 1. The van der Waals surface area contributed by atoms with Gasteiger partial charge in [-0.3, -0.25) is 5.50 Å². The lowest BCUT2D eigenvalue weighted by Crippen LogP contribution is -2.34. The molecule has 0 aliphatic heterocycles. The van der Waals surface area contributed by atoms with Crippen LogP contribution in [0.4, 0.5) is 0 Å². The van der Waals surface area contributed by atoms with E-state index in [0.29, 0.717) is 12.1 Å². The van der Waals surface area contributed by atoms with Crippen molar-refractivity contribution in [3.05, 3.63) is 12.8 Å². The summed E-state index contributed by atoms with van der Waals surface area (Å²) in [5.74, 6) is 0. The molecule has 0 aliphatic rings. The van der Waals surface area contributed by atoms with Crippen molar-refractivity contribution < 1.29 is 4.52 Å². The van der Waals surface area contributed by atoms with Crippen molar-refractivity contribution in [3.63, 3.8) is 0 Å². The highest BCUT2D eigenvalue weighted by Gasteiger charge is 2.21. The average molecular weight is 190 g/mol. The molecule has 0 bridgehead atoms. The lowest BCUT2D eigenvalue weighted by Gasteiger charge is -2.33. The lowest BCUT2D eigenvalue weighted by molar-refractivity contribution is 0.291. The Kier molecular flexibility index (Phi) is 5.47. The fourth-order valence-electron chi connectivity index (χ4n) is 1.18. The standard InChI is InChI=1S/C8H19N2OP/c1-6-11-12(9)10(7(2)3)8(4)5/h6-8H,1,9H2,2-5H3. The average Bonchev–Trinajstić information content (AvgIpc) is 1.85. The van der Waals surface area contributed by atoms with E-state index in [9.17, 15) is 0 Å². The van der Waals surface area contributed by atoms with Crippen molar-refractivity contribution in [3.8, 4) is 0 Å². The first-order chi connectivity index (χ1) is 5.50. The Bertz CT molecular complexity index is 131. The molecule has 2 N–H and O–H groups in total. The highest BCUT2D eigenvalue weighted by molar-refractivity contribution is 7.47. The number of rotatable bonds is 5. The van der Waals surface area contributed by atoms with Gasteiger partial charge in [-0.15, -0.1) is 0 Å². The molecule has 3 nitrogen and oxygen atoms in total. The van der Waals surface area contributed by atoms with E-state index in [1.165, 1.54) is 6.26 Å². The minimum atomic E-state index is -1.01. The summed E-state index contributed by atoms with van der Waals surface area (Å²) in [6.45, 7) is 11.9. The highest BCUT2D eigenvalue weighted by Crippen LogP contribution is 2.36. The number of nitrogens with zero attached hydrogens (tertiary/aromatic N) is 1.